The van der Waals surface area contributed by atoms with Crippen molar-refractivity contribution in [2.24, 2.45) is 5.10 Å². The van der Waals surface area contributed by atoms with Crippen LogP contribution in [0.3, 0.4) is 0 Å². The van der Waals surface area contributed by atoms with Gasteiger partial charge in [0.15, 0.2) is 6.71 Å². The smallest absolute Gasteiger partial charge is 0.198 e. The molecule has 9 rings (SSSR count). The molecule has 2 heterocycles. The van der Waals surface area contributed by atoms with Crippen LogP contribution in [0, 0.1) is 39.6 Å². The van der Waals surface area contributed by atoms with Crippen LogP contribution in [0.5, 0.6) is 0 Å². The van der Waals surface area contributed by atoms with Gasteiger partial charge in [0.25, 0.3) is 0 Å². The minimum atomic E-state index is -0.136. The average molecular weight is 918 g/mol. The van der Waals surface area contributed by atoms with Crippen LogP contribution in [-0.4, -0.2) is 22.3 Å². The third-order valence-corrected chi connectivity index (χ3v) is 10.6. The number of aromatic nitrogens is 2. The molecular weight excluding hydrogens is 876 g/mol. The van der Waals surface area contributed by atoms with Crippen molar-refractivity contribution in [2.75, 3.05) is 9.91 Å². The van der Waals surface area contributed by atoms with E-state index in [1.54, 1.807) is 0 Å². The molecule has 0 saturated carbocycles. The van der Waals surface area contributed by atoms with Gasteiger partial charge in [-0.25, -0.2) is 5.10 Å². The Morgan fingerprint density at radius 3 is 2.02 bits per heavy atom. The molecule has 0 fully saturated rings. The van der Waals surface area contributed by atoms with Gasteiger partial charge < -0.3 is 9.91 Å². The quantitative estimate of drug-likeness (QED) is 0.107. The molecule has 0 unspecified atom stereocenters. The zero-order valence-corrected chi connectivity index (χ0v) is 34.4. The fourth-order valence-electron chi connectivity index (χ4n) is 8.08. The maximum absolute atomic E-state index is 5.27. The van der Waals surface area contributed by atoms with Crippen LogP contribution >= 0.6 is 0 Å². The third-order valence-electron chi connectivity index (χ3n) is 10.6. The Hall–Kier alpha value is -5.97. The number of benzene rings is 6. The van der Waals surface area contributed by atoms with Crippen LogP contribution in [0.1, 0.15) is 34.7 Å². The van der Waals surface area contributed by atoms with Crippen LogP contribution in [0.2, 0.25) is 0 Å². The van der Waals surface area contributed by atoms with Gasteiger partial charge in [-0.3, -0.25) is 4.68 Å². The number of para-hydroxylation sites is 1. The Kier molecular flexibility index (Phi) is 11.1. The SMILES string of the molecule is Cc1cc(C)c(B(c2[c-]c(-c3cc(-c4ccccc4)n([C@@H]4C=CC=CC4)n3)ccc2)c2[c-]c(N3[CH-]N(c4ccccc4)C(c4ccccc4)=N3)ccc2)c(C)c1.[Pt]. The molecule has 57 heavy (non-hydrogen) atoms. The first-order chi connectivity index (χ1) is 27.5. The predicted molar refractivity (Wildman–Crippen MR) is 233 cm³/mol. The van der Waals surface area contributed by atoms with Crippen molar-refractivity contribution < 1.29 is 21.1 Å². The topological polar surface area (TPSA) is 36.7 Å². The Bertz CT molecular complexity index is 2570. The normalized spacial score (nSPS) is 14.7. The first kappa shape index (κ1) is 37.9. The number of allylic oxidation sites excluding steroid dienone is 4. The third kappa shape index (κ3) is 7.75. The molecule has 1 atom stereocenters. The van der Waals surface area contributed by atoms with Crippen molar-refractivity contribution in [3.8, 4) is 22.5 Å². The van der Waals surface area contributed by atoms with E-state index < -0.39 is 0 Å². The van der Waals surface area contributed by atoms with Crippen LogP contribution in [-0.2, 0) is 21.1 Å². The zero-order chi connectivity index (χ0) is 38.0. The fourth-order valence-corrected chi connectivity index (χ4v) is 8.08. The summed E-state index contributed by atoms with van der Waals surface area (Å²) in [6.45, 7) is 8.52. The summed E-state index contributed by atoms with van der Waals surface area (Å²) in [6, 6.07) is 58.7. The summed E-state index contributed by atoms with van der Waals surface area (Å²) in [7, 11) is 0. The van der Waals surface area contributed by atoms with Crippen molar-refractivity contribution in [3.63, 3.8) is 0 Å². The van der Waals surface area contributed by atoms with Crippen LogP contribution in [0.4, 0.5) is 11.4 Å². The molecule has 1 aliphatic carbocycles. The minimum absolute atomic E-state index is 0. The second-order valence-electron chi connectivity index (χ2n) is 14.6. The zero-order valence-electron chi connectivity index (χ0n) is 32.2. The molecule has 0 N–H and O–H groups in total. The van der Waals surface area contributed by atoms with Crippen LogP contribution in [0.15, 0.2) is 175 Å². The van der Waals surface area contributed by atoms with E-state index in [4.69, 9.17) is 10.2 Å². The predicted octanol–water partition coefficient (Wildman–Crippen LogP) is 9.12. The second-order valence-corrected chi connectivity index (χ2v) is 14.6. The van der Waals surface area contributed by atoms with E-state index >= 15 is 0 Å². The van der Waals surface area contributed by atoms with Crippen molar-refractivity contribution in [3.05, 3.63) is 211 Å². The summed E-state index contributed by atoms with van der Waals surface area (Å²) in [5.74, 6) is 0.854. The Morgan fingerprint density at radius 1 is 0.684 bits per heavy atom. The van der Waals surface area contributed by atoms with Gasteiger partial charge in [-0.15, -0.1) is 42.6 Å². The number of nitrogens with zero attached hydrogens (tertiary/aromatic N) is 5. The van der Waals surface area contributed by atoms with E-state index in [9.17, 15) is 0 Å². The number of amidine groups is 1. The van der Waals surface area contributed by atoms with Gasteiger partial charge in [-0.2, -0.15) is 34.2 Å². The Balaban J connectivity index is 0.00000455. The minimum Gasteiger partial charge on any atom is -0.456 e. The molecule has 6 aromatic carbocycles. The van der Waals surface area contributed by atoms with Gasteiger partial charge >= 0.3 is 0 Å². The van der Waals surface area contributed by atoms with E-state index in [1.807, 2.05) is 17.1 Å². The van der Waals surface area contributed by atoms with Crippen molar-refractivity contribution in [1.82, 2.24) is 9.78 Å². The van der Waals surface area contributed by atoms with Gasteiger partial charge in [-0.05, 0) is 44.9 Å². The molecule has 7 heteroatoms. The van der Waals surface area contributed by atoms with Crippen molar-refractivity contribution in [2.45, 2.75) is 33.2 Å². The maximum atomic E-state index is 5.27. The second kappa shape index (κ2) is 16.6. The molecule has 282 valence electrons. The van der Waals surface area contributed by atoms with Crippen LogP contribution < -0.4 is 26.3 Å². The first-order valence-electron chi connectivity index (χ1n) is 19.2. The van der Waals surface area contributed by atoms with E-state index in [1.165, 1.54) is 22.2 Å². The van der Waals surface area contributed by atoms with Gasteiger partial charge in [0.1, 0.15) is 5.84 Å². The fraction of sp³-hybridized carbons (Fsp3) is 0.100. The number of anilines is 2. The molecular formula is C50H41BN5Pt-3. The first-order valence-corrected chi connectivity index (χ1v) is 19.2. The van der Waals surface area contributed by atoms with E-state index in [2.05, 4.69) is 207 Å². The largest absolute Gasteiger partial charge is 0.456 e. The van der Waals surface area contributed by atoms with Gasteiger partial charge in [-0.1, -0.05) is 149 Å². The molecule has 7 aromatic rings. The number of hydrazone groups is 1. The van der Waals surface area contributed by atoms with Crippen molar-refractivity contribution >= 4 is 40.3 Å². The number of hydrogen-bond acceptors (Lipinski definition) is 4. The monoisotopic (exact) mass is 917 g/mol. The molecule has 0 amide bonds. The molecule has 2 aliphatic rings. The maximum Gasteiger partial charge on any atom is 0.198 e. The van der Waals surface area contributed by atoms with Crippen LogP contribution in [0.25, 0.3) is 22.5 Å². The number of hydrogen-bond donors (Lipinski definition) is 0. The molecule has 5 nitrogen and oxygen atoms in total. The number of aryl methyl sites for hydroxylation is 3. The molecule has 1 aromatic heterocycles. The molecule has 1 aliphatic heterocycles. The Morgan fingerprint density at radius 2 is 1.33 bits per heavy atom. The van der Waals surface area contributed by atoms with Gasteiger partial charge in [0.2, 0.25) is 0 Å². The van der Waals surface area contributed by atoms with E-state index in [0.29, 0.717) is 0 Å². The number of rotatable bonds is 9. The average Bonchev–Trinajstić information content (AvgIpc) is 3.90. The standard InChI is InChI=1S/C50H41BN5.Pt/c1-36-30-37(2)49(38(3)31-36)51(42-23-16-22-41(32-42)47-34-48(39-18-8-4-9-19-39)56(52-47)45-27-14-7-15-28-45)43-24-17-29-46(33-43)55-35-54(44-25-12-6-13-26-44)50(53-55)40-20-10-5-11-21-40;/h4-27,29-31,34-35,45H,28H2,1-3H3;/q-3;/t45-;/m1./s1. The van der Waals surface area contributed by atoms with Gasteiger partial charge in [0.05, 0.1) is 11.7 Å². The van der Waals surface area contributed by atoms with Gasteiger partial charge in [0, 0.05) is 38.0 Å². The molecule has 0 radical (unpaired) electrons. The molecule has 0 saturated heterocycles. The summed E-state index contributed by atoms with van der Waals surface area (Å²) in [6.07, 6.45) is 9.56. The molecule has 0 bridgehead atoms. The van der Waals surface area contributed by atoms with E-state index in [0.717, 1.165) is 62.6 Å². The van der Waals surface area contributed by atoms with Crippen molar-refractivity contribution in [1.29, 1.82) is 0 Å². The molecule has 0 spiro atoms. The Labute approximate surface area is 351 Å². The summed E-state index contributed by atoms with van der Waals surface area (Å²) in [4.78, 5) is 2.14. The summed E-state index contributed by atoms with van der Waals surface area (Å²) in [5, 5.41) is 12.4. The van der Waals surface area contributed by atoms with E-state index in [-0.39, 0.29) is 33.8 Å². The summed E-state index contributed by atoms with van der Waals surface area (Å²) in [5.41, 5.74) is 14.1. The summed E-state index contributed by atoms with van der Waals surface area (Å²) < 4.78 is 2.17. The summed E-state index contributed by atoms with van der Waals surface area (Å²) >= 11 is 0.